The van der Waals surface area contributed by atoms with E-state index in [0.29, 0.717) is 12.1 Å². The van der Waals surface area contributed by atoms with Gasteiger partial charge in [-0.2, -0.15) is 0 Å². The summed E-state index contributed by atoms with van der Waals surface area (Å²) in [6.07, 6.45) is 1.90. The molecule has 0 aliphatic carbocycles. The van der Waals surface area contributed by atoms with Crippen molar-refractivity contribution in [1.82, 2.24) is 24.5 Å². The summed E-state index contributed by atoms with van der Waals surface area (Å²) < 4.78 is 1.89. The fourth-order valence-electron chi connectivity index (χ4n) is 3.10. The first-order valence-electron chi connectivity index (χ1n) is 8.45. The van der Waals surface area contributed by atoms with Crippen molar-refractivity contribution in [2.24, 2.45) is 0 Å². The number of nitrogens with zero attached hydrogens (tertiary/aromatic N) is 5. The van der Waals surface area contributed by atoms with Crippen molar-refractivity contribution in [3.8, 4) is 0 Å². The Bertz CT molecular complexity index is 1130. The summed E-state index contributed by atoms with van der Waals surface area (Å²) in [7, 11) is 1.77. The lowest BCUT2D eigenvalue weighted by Gasteiger charge is -2.17. The normalized spacial score (nSPS) is 11.2. The van der Waals surface area contributed by atoms with Crippen molar-refractivity contribution in [2.75, 3.05) is 7.05 Å². The highest BCUT2D eigenvalue weighted by Crippen LogP contribution is 2.19. The quantitative estimate of drug-likeness (QED) is 0.572. The van der Waals surface area contributed by atoms with Gasteiger partial charge in [0.2, 0.25) is 0 Å². The van der Waals surface area contributed by atoms with Gasteiger partial charge in [0.1, 0.15) is 0 Å². The third-order valence-electron chi connectivity index (χ3n) is 4.50. The molecule has 0 fully saturated rings. The van der Waals surface area contributed by atoms with Gasteiger partial charge in [0, 0.05) is 18.6 Å². The smallest absolute Gasteiger partial charge is 0.255 e. The van der Waals surface area contributed by atoms with E-state index >= 15 is 0 Å². The van der Waals surface area contributed by atoms with E-state index < -0.39 is 0 Å². The van der Waals surface area contributed by atoms with Gasteiger partial charge in [0.25, 0.3) is 5.91 Å². The van der Waals surface area contributed by atoms with Crippen LogP contribution in [0, 0.1) is 13.8 Å². The van der Waals surface area contributed by atoms with Crippen LogP contribution < -0.4 is 0 Å². The average molecular weight is 345 g/mol. The van der Waals surface area contributed by atoms with Crippen LogP contribution in [0.25, 0.3) is 16.6 Å². The van der Waals surface area contributed by atoms with E-state index in [-0.39, 0.29) is 5.91 Å². The molecule has 0 unspecified atom stereocenters. The van der Waals surface area contributed by atoms with Gasteiger partial charge in [-0.3, -0.25) is 14.2 Å². The predicted octanol–water partition coefficient (Wildman–Crippen LogP) is 3.17. The molecule has 1 amide bonds. The molecule has 26 heavy (non-hydrogen) atoms. The summed E-state index contributed by atoms with van der Waals surface area (Å²) in [6.45, 7) is 4.27. The Morgan fingerprint density at radius 3 is 2.81 bits per heavy atom. The first kappa shape index (κ1) is 16.2. The minimum absolute atomic E-state index is 0.0777. The fourth-order valence-corrected chi connectivity index (χ4v) is 3.10. The van der Waals surface area contributed by atoms with Gasteiger partial charge in [0.15, 0.2) is 11.5 Å². The average Bonchev–Trinajstić information content (AvgIpc) is 3.04. The van der Waals surface area contributed by atoms with Crippen molar-refractivity contribution in [3.05, 3.63) is 71.3 Å². The molecule has 0 saturated carbocycles. The number of fused-ring (bicyclic) bond motifs is 2. The van der Waals surface area contributed by atoms with E-state index in [1.54, 1.807) is 11.9 Å². The van der Waals surface area contributed by atoms with E-state index in [1.807, 2.05) is 66.9 Å². The van der Waals surface area contributed by atoms with Gasteiger partial charge in [-0.25, -0.2) is 0 Å². The van der Waals surface area contributed by atoms with Gasteiger partial charge >= 0.3 is 0 Å². The highest BCUT2D eigenvalue weighted by molar-refractivity contribution is 5.98. The number of carbonyl (C=O) groups excluding carboxylic acids is 1. The van der Waals surface area contributed by atoms with Gasteiger partial charge in [-0.05, 0) is 44.2 Å². The molecule has 0 aliphatic heterocycles. The van der Waals surface area contributed by atoms with E-state index in [0.717, 1.165) is 33.6 Å². The minimum Gasteiger partial charge on any atom is -0.334 e. The number of aromatic nitrogens is 4. The topological polar surface area (TPSA) is 63.4 Å². The molecule has 3 aromatic heterocycles. The molecule has 3 heterocycles. The van der Waals surface area contributed by atoms with E-state index in [2.05, 4.69) is 15.2 Å². The van der Waals surface area contributed by atoms with Gasteiger partial charge < -0.3 is 4.90 Å². The number of hydrogen-bond donors (Lipinski definition) is 0. The monoisotopic (exact) mass is 345 g/mol. The number of carbonyl (C=O) groups is 1. The lowest BCUT2D eigenvalue weighted by atomic mass is 10.1. The molecule has 130 valence electrons. The summed E-state index contributed by atoms with van der Waals surface area (Å²) in [5.41, 5.74) is 4.15. The van der Waals surface area contributed by atoms with Crippen molar-refractivity contribution in [1.29, 1.82) is 0 Å². The van der Waals surface area contributed by atoms with Crippen molar-refractivity contribution in [3.63, 3.8) is 0 Å². The standard InChI is InChI=1S/C20H19N5O/c1-13-7-8-17-15(10-13)11-16(14(2)21-17)20(26)24(3)12-19-23-22-18-6-4-5-9-25(18)19/h4-11H,12H2,1-3H3. The van der Waals surface area contributed by atoms with Gasteiger partial charge in [0.05, 0.1) is 23.3 Å². The maximum absolute atomic E-state index is 13.0. The zero-order chi connectivity index (χ0) is 18.3. The number of benzene rings is 1. The molecular formula is C20H19N5O. The van der Waals surface area contributed by atoms with Crippen molar-refractivity contribution < 1.29 is 4.79 Å². The second kappa shape index (κ2) is 6.22. The molecule has 0 saturated heterocycles. The number of aryl methyl sites for hydroxylation is 2. The summed E-state index contributed by atoms with van der Waals surface area (Å²) in [5, 5.41) is 9.31. The highest BCUT2D eigenvalue weighted by atomic mass is 16.2. The Hall–Kier alpha value is -3.28. The molecule has 4 aromatic rings. The summed E-state index contributed by atoms with van der Waals surface area (Å²) in [4.78, 5) is 19.2. The molecule has 0 spiro atoms. The molecule has 0 N–H and O–H groups in total. The molecular weight excluding hydrogens is 326 g/mol. The van der Waals surface area contributed by atoms with Gasteiger partial charge in [-0.1, -0.05) is 17.7 Å². The molecule has 6 heteroatoms. The lowest BCUT2D eigenvalue weighted by molar-refractivity contribution is 0.0780. The Balaban J connectivity index is 1.66. The van der Waals surface area contributed by atoms with Crippen LogP contribution in [0.5, 0.6) is 0 Å². The van der Waals surface area contributed by atoms with Gasteiger partial charge in [-0.15, -0.1) is 10.2 Å². The molecule has 0 bridgehead atoms. The summed E-state index contributed by atoms with van der Waals surface area (Å²) in [6, 6.07) is 13.7. The second-order valence-corrected chi connectivity index (χ2v) is 6.52. The lowest BCUT2D eigenvalue weighted by Crippen LogP contribution is -2.28. The van der Waals surface area contributed by atoms with E-state index in [9.17, 15) is 4.79 Å². The largest absolute Gasteiger partial charge is 0.334 e. The highest BCUT2D eigenvalue weighted by Gasteiger charge is 2.18. The van der Waals surface area contributed by atoms with Crippen LogP contribution in [-0.4, -0.2) is 37.4 Å². The summed E-state index contributed by atoms with van der Waals surface area (Å²) in [5.74, 6) is 0.643. The Morgan fingerprint density at radius 1 is 1.12 bits per heavy atom. The van der Waals surface area contributed by atoms with Crippen LogP contribution in [0.15, 0.2) is 48.7 Å². The first-order valence-corrected chi connectivity index (χ1v) is 8.45. The van der Waals surface area contributed by atoms with Crippen molar-refractivity contribution in [2.45, 2.75) is 20.4 Å². The SMILES string of the molecule is Cc1ccc2nc(C)c(C(=O)N(C)Cc3nnc4ccccn34)cc2c1. The number of hydrogen-bond acceptors (Lipinski definition) is 4. The third kappa shape index (κ3) is 2.79. The molecule has 6 nitrogen and oxygen atoms in total. The second-order valence-electron chi connectivity index (χ2n) is 6.52. The van der Waals surface area contributed by atoms with Crippen LogP contribution in [0.4, 0.5) is 0 Å². The third-order valence-corrected chi connectivity index (χ3v) is 4.50. The predicted molar refractivity (Wildman–Crippen MR) is 100 cm³/mol. The van der Waals surface area contributed by atoms with Crippen LogP contribution in [-0.2, 0) is 6.54 Å². The molecule has 1 aromatic carbocycles. The maximum Gasteiger partial charge on any atom is 0.255 e. The summed E-state index contributed by atoms with van der Waals surface area (Å²) >= 11 is 0. The minimum atomic E-state index is -0.0777. The number of rotatable bonds is 3. The van der Waals surface area contributed by atoms with E-state index in [4.69, 9.17) is 0 Å². The number of amides is 1. The number of pyridine rings is 2. The zero-order valence-corrected chi connectivity index (χ0v) is 15.0. The van der Waals surface area contributed by atoms with Crippen molar-refractivity contribution >= 4 is 22.5 Å². The Kier molecular flexibility index (Phi) is 3.88. The Labute approximate surface area is 151 Å². The molecule has 0 atom stereocenters. The Morgan fingerprint density at radius 2 is 1.96 bits per heavy atom. The first-order chi connectivity index (χ1) is 12.5. The maximum atomic E-state index is 13.0. The van der Waals surface area contributed by atoms with Crippen LogP contribution >= 0.6 is 0 Å². The van der Waals surface area contributed by atoms with Crippen LogP contribution in [0.1, 0.15) is 27.4 Å². The molecule has 0 radical (unpaired) electrons. The van der Waals surface area contributed by atoms with E-state index in [1.165, 1.54) is 0 Å². The zero-order valence-electron chi connectivity index (χ0n) is 15.0. The molecule has 0 aliphatic rings. The van der Waals surface area contributed by atoms with Crippen LogP contribution in [0.3, 0.4) is 0 Å². The molecule has 4 rings (SSSR count). The van der Waals surface area contributed by atoms with Crippen LogP contribution in [0.2, 0.25) is 0 Å². The fraction of sp³-hybridized carbons (Fsp3) is 0.200.